The third-order valence-electron chi connectivity index (χ3n) is 9.11. The van der Waals surface area contributed by atoms with Crippen LogP contribution in [0.3, 0.4) is 0 Å². The minimum absolute atomic E-state index is 0.000561. The molecule has 0 bridgehead atoms. The van der Waals surface area contributed by atoms with E-state index in [1.165, 1.54) is 12.1 Å². The number of hydrogen-bond donors (Lipinski definition) is 1. The first kappa shape index (κ1) is 32.3. The van der Waals surface area contributed by atoms with Gasteiger partial charge in [0.1, 0.15) is 11.4 Å². The summed E-state index contributed by atoms with van der Waals surface area (Å²) in [5.74, 6) is -0.267. The van der Waals surface area contributed by atoms with Crippen LogP contribution in [0.15, 0.2) is 36.5 Å². The molecule has 0 aliphatic carbocycles. The second-order valence-corrected chi connectivity index (χ2v) is 14.4. The fraction of sp³-hybridized carbons (Fsp3) is 0.618. The number of aromatic nitrogens is 1. The number of likely N-dealkylation sites (tertiary alicyclic amines) is 1. The lowest BCUT2D eigenvalue weighted by molar-refractivity contribution is -0.121. The maximum atomic E-state index is 14.1. The molecular formula is C34H48FN5O4. The number of carbonyl (C=O) groups is 2. The number of pyridine rings is 1. The fourth-order valence-corrected chi connectivity index (χ4v) is 6.86. The number of rotatable bonds is 7. The lowest BCUT2D eigenvalue weighted by Gasteiger charge is -2.46. The second kappa shape index (κ2) is 12.7. The molecule has 44 heavy (non-hydrogen) atoms. The zero-order chi connectivity index (χ0) is 31.8. The maximum absolute atomic E-state index is 14.1. The lowest BCUT2D eigenvalue weighted by Crippen LogP contribution is -2.63. The van der Waals surface area contributed by atoms with Crippen LogP contribution >= 0.6 is 0 Å². The third kappa shape index (κ3) is 7.24. The maximum Gasteiger partial charge on any atom is 0.410 e. The average molecular weight is 610 g/mol. The molecule has 2 fully saturated rings. The van der Waals surface area contributed by atoms with Gasteiger partial charge in [-0.25, -0.2) is 9.18 Å². The summed E-state index contributed by atoms with van der Waals surface area (Å²) in [5, 5.41) is 9.98. The van der Waals surface area contributed by atoms with E-state index in [2.05, 4.69) is 29.7 Å². The predicted octanol–water partition coefficient (Wildman–Crippen LogP) is 4.20. The highest BCUT2D eigenvalue weighted by atomic mass is 19.1. The van der Waals surface area contributed by atoms with E-state index in [-0.39, 0.29) is 54.5 Å². The normalized spacial score (nSPS) is 24.0. The molecule has 2 saturated heterocycles. The van der Waals surface area contributed by atoms with Crippen molar-refractivity contribution in [1.82, 2.24) is 19.7 Å². The standard InChI is InChI=1S/C34H48FN5O4/c1-23-17-38(28(18-37-13-7-8-27(37)21-41)19-39(23)32(43)44-33(2,3)4)20-30(42)40-22-34(5,6)31-29(40)15-25(16-36-31)14-24-9-11-26(35)12-10-24/h9-12,15-16,23,27-28,41H,7-8,13-14,17-22H2,1-6H3/t23-,27?,28+/m1/s1. The van der Waals surface area contributed by atoms with Crippen LogP contribution in [0.5, 0.6) is 0 Å². The molecule has 1 aromatic carbocycles. The topological polar surface area (TPSA) is 89.5 Å². The summed E-state index contributed by atoms with van der Waals surface area (Å²) in [6.45, 7) is 15.2. The minimum atomic E-state index is -0.601. The number of halogens is 1. The van der Waals surface area contributed by atoms with Crippen LogP contribution in [0.2, 0.25) is 0 Å². The van der Waals surface area contributed by atoms with Crippen LogP contribution in [0, 0.1) is 5.82 Å². The van der Waals surface area contributed by atoms with Crippen LogP contribution in [0.25, 0.3) is 0 Å². The summed E-state index contributed by atoms with van der Waals surface area (Å²) in [6, 6.07) is 8.39. The molecule has 5 rings (SSSR count). The predicted molar refractivity (Wildman–Crippen MR) is 168 cm³/mol. The number of benzene rings is 1. The number of hydrogen-bond acceptors (Lipinski definition) is 7. The van der Waals surface area contributed by atoms with Crippen LogP contribution in [-0.2, 0) is 21.4 Å². The number of piperazine rings is 1. The molecule has 3 aliphatic rings. The SMILES string of the molecule is C[C@@H]1CN(CC(=O)N2CC(C)(C)c3ncc(Cc4ccc(F)cc4)cc32)[C@@H](CN2CCCC2CO)CN1C(=O)OC(C)(C)C. The van der Waals surface area contributed by atoms with Crippen LogP contribution < -0.4 is 4.90 Å². The van der Waals surface area contributed by atoms with E-state index in [1.807, 2.05) is 38.8 Å². The minimum Gasteiger partial charge on any atom is -0.444 e. The number of amides is 2. The van der Waals surface area contributed by atoms with Crippen molar-refractivity contribution in [1.29, 1.82) is 0 Å². The van der Waals surface area contributed by atoms with Gasteiger partial charge in [0.15, 0.2) is 0 Å². The Labute approximate surface area is 261 Å². The van der Waals surface area contributed by atoms with Gasteiger partial charge in [0.25, 0.3) is 0 Å². The molecule has 3 aliphatic heterocycles. The largest absolute Gasteiger partial charge is 0.444 e. The quantitative estimate of drug-likeness (QED) is 0.504. The molecule has 0 radical (unpaired) electrons. The van der Waals surface area contributed by atoms with Gasteiger partial charge in [-0.15, -0.1) is 0 Å². The first-order valence-corrected chi connectivity index (χ1v) is 15.9. The Kier molecular flexibility index (Phi) is 9.35. The van der Waals surface area contributed by atoms with Gasteiger partial charge in [-0.2, -0.15) is 0 Å². The molecule has 10 heteroatoms. The summed E-state index contributed by atoms with van der Waals surface area (Å²) < 4.78 is 19.2. The lowest BCUT2D eigenvalue weighted by atomic mass is 9.91. The van der Waals surface area contributed by atoms with Crippen LogP contribution in [-0.4, -0.2) is 106 Å². The Balaban J connectivity index is 1.36. The van der Waals surface area contributed by atoms with E-state index in [4.69, 9.17) is 9.72 Å². The van der Waals surface area contributed by atoms with Crippen molar-refractivity contribution in [2.24, 2.45) is 0 Å². The monoisotopic (exact) mass is 609 g/mol. The number of nitrogens with zero attached hydrogens (tertiary/aromatic N) is 5. The van der Waals surface area contributed by atoms with E-state index in [0.29, 0.717) is 32.6 Å². The van der Waals surface area contributed by atoms with Crippen molar-refractivity contribution in [3.8, 4) is 0 Å². The van der Waals surface area contributed by atoms with E-state index >= 15 is 0 Å². The second-order valence-electron chi connectivity index (χ2n) is 14.4. The zero-order valence-electron chi connectivity index (χ0n) is 27.1. The highest BCUT2D eigenvalue weighted by Crippen LogP contribution is 2.40. The number of ether oxygens (including phenoxy) is 1. The van der Waals surface area contributed by atoms with E-state index in [1.54, 1.807) is 17.0 Å². The Hall–Kier alpha value is -3.08. The summed E-state index contributed by atoms with van der Waals surface area (Å²) in [7, 11) is 0. The summed E-state index contributed by atoms with van der Waals surface area (Å²) in [6.07, 6.45) is 4.09. The first-order chi connectivity index (χ1) is 20.7. The van der Waals surface area contributed by atoms with Gasteiger partial charge in [-0.05, 0) is 82.8 Å². The Morgan fingerprint density at radius 2 is 1.82 bits per heavy atom. The summed E-state index contributed by atoms with van der Waals surface area (Å²) >= 11 is 0. The van der Waals surface area contributed by atoms with E-state index in [0.717, 1.165) is 41.9 Å². The molecule has 4 heterocycles. The molecule has 0 saturated carbocycles. The Morgan fingerprint density at radius 1 is 1.09 bits per heavy atom. The van der Waals surface area contributed by atoms with Crippen LogP contribution in [0.4, 0.5) is 14.9 Å². The van der Waals surface area contributed by atoms with Crippen molar-refractivity contribution in [2.75, 3.05) is 50.8 Å². The van der Waals surface area contributed by atoms with Gasteiger partial charge in [0, 0.05) is 55.9 Å². The van der Waals surface area contributed by atoms with Crippen LogP contribution in [0.1, 0.15) is 71.2 Å². The molecule has 240 valence electrons. The van der Waals surface area contributed by atoms with Crippen molar-refractivity contribution in [3.63, 3.8) is 0 Å². The summed E-state index contributed by atoms with van der Waals surface area (Å²) in [5.41, 5.74) is 2.77. The molecule has 1 unspecified atom stereocenters. The molecule has 1 N–H and O–H groups in total. The van der Waals surface area contributed by atoms with Gasteiger partial charge < -0.3 is 19.6 Å². The van der Waals surface area contributed by atoms with E-state index in [9.17, 15) is 19.1 Å². The molecule has 2 aromatic rings. The number of fused-ring (bicyclic) bond motifs is 1. The number of aliphatic hydroxyl groups excluding tert-OH is 1. The van der Waals surface area contributed by atoms with Gasteiger partial charge in [0.05, 0.1) is 24.5 Å². The summed E-state index contributed by atoms with van der Waals surface area (Å²) in [4.78, 5) is 40.3. The first-order valence-electron chi connectivity index (χ1n) is 15.9. The molecule has 3 atom stereocenters. The third-order valence-corrected chi connectivity index (χ3v) is 9.11. The van der Waals surface area contributed by atoms with Gasteiger partial charge >= 0.3 is 6.09 Å². The van der Waals surface area contributed by atoms with Gasteiger partial charge in [-0.1, -0.05) is 26.0 Å². The Bertz CT molecular complexity index is 1340. The fourth-order valence-electron chi connectivity index (χ4n) is 6.86. The highest BCUT2D eigenvalue weighted by molar-refractivity contribution is 5.97. The van der Waals surface area contributed by atoms with Crippen molar-refractivity contribution in [2.45, 2.75) is 89.9 Å². The van der Waals surface area contributed by atoms with Gasteiger partial charge in [0.2, 0.25) is 5.91 Å². The zero-order valence-corrected chi connectivity index (χ0v) is 27.1. The molecule has 9 nitrogen and oxygen atoms in total. The van der Waals surface area contributed by atoms with Crippen molar-refractivity contribution in [3.05, 3.63) is 59.2 Å². The molecule has 1 aromatic heterocycles. The molecule has 2 amide bonds. The highest BCUT2D eigenvalue weighted by Gasteiger charge is 2.43. The number of anilines is 1. The van der Waals surface area contributed by atoms with E-state index < -0.39 is 5.60 Å². The molecular weight excluding hydrogens is 561 g/mol. The number of aliphatic hydroxyl groups is 1. The van der Waals surface area contributed by atoms with Gasteiger partial charge in [-0.3, -0.25) is 19.6 Å². The average Bonchev–Trinajstić information content (AvgIpc) is 3.51. The van der Waals surface area contributed by atoms with Crippen molar-refractivity contribution >= 4 is 17.7 Å². The molecule has 0 spiro atoms. The smallest absolute Gasteiger partial charge is 0.410 e. The number of carbonyl (C=O) groups excluding carboxylic acids is 2. The Morgan fingerprint density at radius 3 is 2.50 bits per heavy atom. The van der Waals surface area contributed by atoms with Crippen molar-refractivity contribution < 1.29 is 23.8 Å².